The van der Waals surface area contributed by atoms with Crippen LogP contribution in [0.4, 0.5) is 5.69 Å². The summed E-state index contributed by atoms with van der Waals surface area (Å²) in [6.07, 6.45) is 1.37. The number of aromatic hydroxyl groups is 1. The molecule has 1 amide bonds. The molecule has 4 rings (SSSR count). The highest BCUT2D eigenvalue weighted by molar-refractivity contribution is 7.92. The minimum atomic E-state index is -3.85. The van der Waals surface area contributed by atoms with E-state index < -0.39 is 10.0 Å². The van der Waals surface area contributed by atoms with Crippen molar-refractivity contribution >= 4 is 21.6 Å². The highest BCUT2D eigenvalue weighted by Crippen LogP contribution is 2.36. The zero-order valence-electron chi connectivity index (χ0n) is 17.3. The summed E-state index contributed by atoms with van der Waals surface area (Å²) in [6.45, 7) is 3.59. The van der Waals surface area contributed by atoms with Gasteiger partial charge in [0, 0.05) is 5.56 Å². The molecule has 1 unspecified atom stereocenters. The van der Waals surface area contributed by atoms with Crippen molar-refractivity contribution in [3.63, 3.8) is 0 Å². The second kappa shape index (κ2) is 8.07. The number of phenolic OH excluding ortho intramolecular Hbond substituents is 1. The molecular formula is C24H24N2O4S. The lowest BCUT2D eigenvalue weighted by atomic mass is 10.1. The third-order valence-electron chi connectivity index (χ3n) is 5.70. The molecule has 0 saturated heterocycles. The van der Waals surface area contributed by atoms with E-state index in [0.29, 0.717) is 29.7 Å². The number of benzene rings is 3. The molecule has 0 fully saturated rings. The fourth-order valence-electron chi connectivity index (χ4n) is 3.92. The van der Waals surface area contributed by atoms with Crippen LogP contribution in [0.25, 0.3) is 0 Å². The number of aryl methyl sites for hydroxylation is 2. The van der Waals surface area contributed by atoms with Gasteiger partial charge in [0.25, 0.3) is 15.9 Å². The first-order valence-corrected chi connectivity index (χ1v) is 11.6. The number of nitrogens with one attached hydrogen (secondary N) is 2. The van der Waals surface area contributed by atoms with E-state index in [4.69, 9.17) is 0 Å². The predicted octanol–water partition coefficient (Wildman–Crippen LogP) is 4.23. The first-order valence-electron chi connectivity index (χ1n) is 10.1. The van der Waals surface area contributed by atoms with Crippen LogP contribution >= 0.6 is 0 Å². The van der Waals surface area contributed by atoms with Crippen LogP contribution in [-0.2, 0) is 16.4 Å². The number of rotatable bonds is 5. The Kier molecular flexibility index (Phi) is 5.45. The SMILES string of the molecule is Cc1ccccc1NS(=O)(=O)c1ccc(C)c(C(=O)NC2CCc3c(O)cccc32)c1. The fourth-order valence-corrected chi connectivity index (χ4v) is 5.08. The maximum absolute atomic E-state index is 13.0. The molecular weight excluding hydrogens is 412 g/mol. The molecule has 0 aliphatic heterocycles. The largest absolute Gasteiger partial charge is 0.508 e. The van der Waals surface area contributed by atoms with Crippen molar-refractivity contribution in [3.05, 3.63) is 88.5 Å². The summed E-state index contributed by atoms with van der Waals surface area (Å²) in [4.78, 5) is 13.0. The number of hydrogen-bond acceptors (Lipinski definition) is 4. The van der Waals surface area contributed by atoms with E-state index in [-0.39, 0.29) is 22.6 Å². The molecule has 0 saturated carbocycles. The molecule has 1 atom stereocenters. The minimum absolute atomic E-state index is 0.0240. The second-order valence-corrected chi connectivity index (χ2v) is 9.49. The Morgan fingerprint density at radius 3 is 2.55 bits per heavy atom. The number of carbonyl (C=O) groups excluding carboxylic acids is 1. The molecule has 160 valence electrons. The van der Waals surface area contributed by atoms with Gasteiger partial charge in [-0.25, -0.2) is 8.42 Å². The van der Waals surface area contributed by atoms with Crippen molar-refractivity contribution in [2.75, 3.05) is 4.72 Å². The van der Waals surface area contributed by atoms with Crippen molar-refractivity contribution in [3.8, 4) is 5.75 Å². The quantitative estimate of drug-likeness (QED) is 0.558. The van der Waals surface area contributed by atoms with E-state index in [9.17, 15) is 18.3 Å². The number of amides is 1. The number of phenols is 1. The average molecular weight is 437 g/mol. The highest BCUT2D eigenvalue weighted by atomic mass is 32.2. The van der Waals surface area contributed by atoms with Crippen LogP contribution in [0.3, 0.4) is 0 Å². The number of hydrogen-bond donors (Lipinski definition) is 3. The zero-order valence-corrected chi connectivity index (χ0v) is 18.2. The summed E-state index contributed by atoms with van der Waals surface area (Å²) in [5, 5.41) is 13.0. The Bertz CT molecular complexity index is 1270. The summed E-state index contributed by atoms with van der Waals surface area (Å²) in [7, 11) is -3.85. The lowest BCUT2D eigenvalue weighted by Gasteiger charge is -2.16. The van der Waals surface area contributed by atoms with Crippen LogP contribution < -0.4 is 10.0 Å². The van der Waals surface area contributed by atoms with Gasteiger partial charge in [0.2, 0.25) is 0 Å². The lowest BCUT2D eigenvalue weighted by molar-refractivity contribution is 0.0936. The first-order chi connectivity index (χ1) is 14.8. The fraction of sp³-hybridized carbons (Fsp3) is 0.208. The van der Waals surface area contributed by atoms with Gasteiger partial charge in [0.15, 0.2) is 0 Å². The summed E-state index contributed by atoms with van der Waals surface area (Å²) in [5.74, 6) is -0.104. The number of fused-ring (bicyclic) bond motifs is 1. The van der Waals surface area contributed by atoms with Crippen LogP contribution in [-0.4, -0.2) is 19.4 Å². The van der Waals surface area contributed by atoms with Crippen LogP contribution in [0.1, 0.15) is 45.1 Å². The van der Waals surface area contributed by atoms with Crippen LogP contribution in [0, 0.1) is 13.8 Å². The van der Waals surface area contributed by atoms with E-state index in [0.717, 1.165) is 16.7 Å². The summed E-state index contributed by atoms with van der Waals surface area (Å²) in [5.41, 5.74) is 4.04. The summed E-state index contributed by atoms with van der Waals surface area (Å²) >= 11 is 0. The van der Waals surface area contributed by atoms with Gasteiger partial charge in [-0.05, 0) is 73.2 Å². The first kappa shape index (κ1) is 20.9. The Hall–Kier alpha value is -3.32. The molecule has 0 bridgehead atoms. The molecule has 31 heavy (non-hydrogen) atoms. The molecule has 3 aromatic carbocycles. The van der Waals surface area contributed by atoms with Gasteiger partial charge in [-0.15, -0.1) is 0 Å². The van der Waals surface area contributed by atoms with Gasteiger partial charge >= 0.3 is 0 Å². The van der Waals surface area contributed by atoms with Gasteiger partial charge in [-0.2, -0.15) is 0 Å². The molecule has 6 nitrogen and oxygen atoms in total. The van der Waals surface area contributed by atoms with Crippen LogP contribution in [0.2, 0.25) is 0 Å². The molecule has 0 heterocycles. The maximum atomic E-state index is 13.0. The summed E-state index contributed by atoms with van der Waals surface area (Å²) in [6, 6.07) is 16.7. The third kappa shape index (κ3) is 4.14. The number of para-hydroxylation sites is 1. The Morgan fingerprint density at radius 1 is 1.00 bits per heavy atom. The van der Waals surface area contributed by atoms with Crippen molar-refractivity contribution in [1.82, 2.24) is 5.32 Å². The monoisotopic (exact) mass is 436 g/mol. The smallest absolute Gasteiger partial charge is 0.261 e. The van der Waals surface area contributed by atoms with Gasteiger partial charge in [-0.1, -0.05) is 36.4 Å². The molecule has 3 aromatic rings. The zero-order chi connectivity index (χ0) is 22.2. The molecule has 3 N–H and O–H groups in total. The van der Waals surface area contributed by atoms with E-state index >= 15 is 0 Å². The minimum Gasteiger partial charge on any atom is -0.508 e. The molecule has 0 spiro atoms. The lowest BCUT2D eigenvalue weighted by Crippen LogP contribution is -2.28. The van der Waals surface area contributed by atoms with Gasteiger partial charge in [-0.3, -0.25) is 9.52 Å². The Balaban J connectivity index is 1.59. The number of sulfonamides is 1. The Labute approximate surface area is 182 Å². The van der Waals surface area contributed by atoms with Crippen molar-refractivity contribution in [1.29, 1.82) is 0 Å². The molecule has 0 aromatic heterocycles. The Morgan fingerprint density at radius 2 is 1.77 bits per heavy atom. The van der Waals surface area contributed by atoms with Crippen molar-refractivity contribution in [2.45, 2.75) is 37.6 Å². The number of anilines is 1. The molecule has 1 aliphatic rings. The van der Waals surface area contributed by atoms with E-state index in [2.05, 4.69) is 10.0 Å². The third-order valence-corrected chi connectivity index (χ3v) is 7.07. The molecule has 7 heteroatoms. The van der Waals surface area contributed by atoms with Gasteiger partial charge in [0.05, 0.1) is 16.6 Å². The van der Waals surface area contributed by atoms with E-state index in [1.807, 2.05) is 25.1 Å². The van der Waals surface area contributed by atoms with Gasteiger partial charge < -0.3 is 10.4 Å². The summed E-state index contributed by atoms with van der Waals surface area (Å²) < 4.78 is 28.4. The van der Waals surface area contributed by atoms with Crippen LogP contribution in [0.5, 0.6) is 5.75 Å². The van der Waals surface area contributed by atoms with Crippen LogP contribution in [0.15, 0.2) is 65.6 Å². The second-order valence-electron chi connectivity index (χ2n) is 7.81. The van der Waals surface area contributed by atoms with Crippen molar-refractivity contribution < 1.29 is 18.3 Å². The number of carbonyl (C=O) groups is 1. The van der Waals surface area contributed by atoms with Gasteiger partial charge in [0.1, 0.15) is 5.75 Å². The van der Waals surface area contributed by atoms with E-state index in [1.54, 1.807) is 37.3 Å². The molecule has 1 aliphatic carbocycles. The topological polar surface area (TPSA) is 95.5 Å². The highest BCUT2D eigenvalue weighted by Gasteiger charge is 2.27. The predicted molar refractivity (Wildman–Crippen MR) is 120 cm³/mol. The molecule has 0 radical (unpaired) electrons. The maximum Gasteiger partial charge on any atom is 0.261 e. The normalized spacial score (nSPS) is 15.4. The average Bonchev–Trinajstić information content (AvgIpc) is 3.14. The van der Waals surface area contributed by atoms with E-state index in [1.165, 1.54) is 12.1 Å². The standard InChI is InChI=1S/C24H24N2O4S/c1-15-10-11-17(31(29,30)26-21-8-4-3-6-16(21)2)14-20(15)24(28)25-22-13-12-19-18(22)7-5-9-23(19)27/h3-11,14,22,26-27H,12-13H2,1-2H3,(H,25,28). The van der Waals surface area contributed by atoms with Crippen molar-refractivity contribution in [2.24, 2.45) is 0 Å².